The highest BCUT2D eigenvalue weighted by atomic mass is 16.5. The molecule has 1 aliphatic heterocycles. The molecule has 0 amide bonds. The summed E-state index contributed by atoms with van der Waals surface area (Å²) in [7, 11) is 0. The van der Waals surface area contributed by atoms with E-state index in [4.69, 9.17) is 9.47 Å². The molecule has 2 aromatic rings. The SMILES string of the molecule is CCc1ccc(OCCN2CCC(C)[C@@H](OC[C@H](O)c3ccccc3)C2)cc1. The summed E-state index contributed by atoms with van der Waals surface area (Å²) < 4.78 is 12.0. The zero-order valence-electron chi connectivity index (χ0n) is 17.1. The van der Waals surface area contributed by atoms with Crippen molar-refractivity contribution in [3.63, 3.8) is 0 Å². The Balaban J connectivity index is 1.41. The van der Waals surface area contributed by atoms with Gasteiger partial charge in [0.15, 0.2) is 0 Å². The molecule has 4 heteroatoms. The normalized spacial score (nSPS) is 21.4. The first kappa shape index (κ1) is 20.8. The Morgan fingerprint density at radius 1 is 1.11 bits per heavy atom. The first-order chi connectivity index (χ1) is 13.7. The van der Waals surface area contributed by atoms with Crippen molar-refractivity contribution in [3.8, 4) is 5.75 Å². The van der Waals surface area contributed by atoms with Gasteiger partial charge in [-0.1, -0.05) is 56.3 Å². The van der Waals surface area contributed by atoms with Crippen LogP contribution >= 0.6 is 0 Å². The van der Waals surface area contributed by atoms with Crippen LogP contribution in [0.2, 0.25) is 0 Å². The fraction of sp³-hybridized carbons (Fsp3) is 0.500. The van der Waals surface area contributed by atoms with E-state index >= 15 is 0 Å². The van der Waals surface area contributed by atoms with Gasteiger partial charge in [-0.3, -0.25) is 4.90 Å². The Bertz CT molecular complexity index is 689. The van der Waals surface area contributed by atoms with E-state index in [9.17, 15) is 5.11 Å². The van der Waals surface area contributed by atoms with Crippen molar-refractivity contribution >= 4 is 0 Å². The third kappa shape index (κ3) is 6.06. The van der Waals surface area contributed by atoms with Crippen LogP contribution in [0, 0.1) is 5.92 Å². The number of nitrogens with zero attached hydrogens (tertiary/aromatic N) is 1. The molecule has 1 saturated heterocycles. The molecule has 0 radical (unpaired) electrons. The van der Waals surface area contributed by atoms with Gasteiger partial charge in [0.1, 0.15) is 18.5 Å². The molecule has 152 valence electrons. The van der Waals surface area contributed by atoms with E-state index < -0.39 is 6.10 Å². The summed E-state index contributed by atoms with van der Waals surface area (Å²) in [6.45, 7) is 8.27. The van der Waals surface area contributed by atoms with Crippen LogP contribution in [-0.2, 0) is 11.2 Å². The number of aliphatic hydroxyl groups is 1. The molecule has 28 heavy (non-hydrogen) atoms. The Hall–Kier alpha value is -1.88. The van der Waals surface area contributed by atoms with Gasteiger partial charge in [-0.2, -0.15) is 0 Å². The molecule has 1 N–H and O–H groups in total. The number of benzene rings is 2. The van der Waals surface area contributed by atoms with E-state index in [1.807, 2.05) is 42.5 Å². The van der Waals surface area contributed by atoms with E-state index in [1.54, 1.807) is 0 Å². The van der Waals surface area contributed by atoms with Crippen LogP contribution < -0.4 is 4.74 Å². The van der Waals surface area contributed by atoms with Crippen molar-refractivity contribution < 1.29 is 14.6 Å². The largest absolute Gasteiger partial charge is 0.492 e. The molecule has 0 aliphatic carbocycles. The lowest BCUT2D eigenvalue weighted by Crippen LogP contribution is -2.46. The minimum Gasteiger partial charge on any atom is -0.492 e. The molecule has 2 aromatic carbocycles. The Kier molecular flexibility index (Phi) is 7.90. The molecule has 3 rings (SSSR count). The van der Waals surface area contributed by atoms with Gasteiger partial charge >= 0.3 is 0 Å². The topological polar surface area (TPSA) is 41.9 Å². The second-order valence-corrected chi connectivity index (χ2v) is 7.71. The van der Waals surface area contributed by atoms with E-state index in [0.717, 1.165) is 43.8 Å². The highest BCUT2D eigenvalue weighted by Gasteiger charge is 2.27. The average Bonchev–Trinajstić information content (AvgIpc) is 2.75. The molecule has 0 spiro atoms. The van der Waals surface area contributed by atoms with Crippen LogP contribution in [0.3, 0.4) is 0 Å². The quantitative estimate of drug-likeness (QED) is 0.708. The fourth-order valence-electron chi connectivity index (χ4n) is 3.62. The second kappa shape index (κ2) is 10.6. The molecule has 1 unspecified atom stereocenters. The van der Waals surface area contributed by atoms with Crippen LogP contribution in [0.1, 0.15) is 37.5 Å². The monoisotopic (exact) mass is 383 g/mol. The van der Waals surface area contributed by atoms with Crippen LogP contribution in [-0.4, -0.2) is 49.0 Å². The Morgan fingerprint density at radius 2 is 1.86 bits per heavy atom. The van der Waals surface area contributed by atoms with E-state index in [2.05, 4.69) is 30.9 Å². The third-order valence-corrected chi connectivity index (χ3v) is 5.63. The van der Waals surface area contributed by atoms with Gasteiger partial charge in [0.25, 0.3) is 0 Å². The third-order valence-electron chi connectivity index (χ3n) is 5.63. The molecule has 1 aliphatic rings. The van der Waals surface area contributed by atoms with Gasteiger partial charge in [-0.05, 0) is 48.6 Å². The number of rotatable bonds is 9. The predicted octanol–water partition coefficient (Wildman–Crippen LogP) is 4.09. The maximum absolute atomic E-state index is 10.3. The first-order valence-electron chi connectivity index (χ1n) is 10.4. The predicted molar refractivity (Wildman–Crippen MR) is 113 cm³/mol. The minimum absolute atomic E-state index is 0.149. The Labute approximate surface area is 169 Å². The van der Waals surface area contributed by atoms with Gasteiger partial charge in [0.2, 0.25) is 0 Å². The van der Waals surface area contributed by atoms with E-state index in [1.165, 1.54) is 5.56 Å². The number of piperidine rings is 1. The standard InChI is InChI=1S/C24H33NO3/c1-3-20-9-11-22(12-10-20)27-16-15-25-14-13-19(2)24(17-25)28-18-23(26)21-7-5-4-6-8-21/h4-12,19,23-24,26H,3,13-18H2,1-2H3/t19?,23-,24-/m0/s1. The number of hydrogen-bond acceptors (Lipinski definition) is 4. The molecule has 1 fully saturated rings. The minimum atomic E-state index is -0.571. The summed E-state index contributed by atoms with van der Waals surface area (Å²) >= 11 is 0. The fourth-order valence-corrected chi connectivity index (χ4v) is 3.62. The number of ether oxygens (including phenoxy) is 2. The molecule has 3 atom stereocenters. The Morgan fingerprint density at radius 3 is 2.57 bits per heavy atom. The highest BCUT2D eigenvalue weighted by Crippen LogP contribution is 2.22. The molecule has 0 saturated carbocycles. The first-order valence-corrected chi connectivity index (χ1v) is 10.4. The summed E-state index contributed by atoms with van der Waals surface area (Å²) in [5, 5.41) is 10.3. The lowest BCUT2D eigenvalue weighted by molar-refractivity contribution is -0.0653. The number of aliphatic hydroxyl groups excluding tert-OH is 1. The smallest absolute Gasteiger partial charge is 0.119 e. The van der Waals surface area contributed by atoms with Crippen LogP contribution in [0.25, 0.3) is 0 Å². The van der Waals surface area contributed by atoms with Gasteiger partial charge in [-0.15, -0.1) is 0 Å². The van der Waals surface area contributed by atoms with Crippen molar-refractivity contribution in [2.75, 3.05) is 32.8 Å². The zero-order chi connectivity index (χ0) is 19.8. The number of likely N-dealkylation sites (tertiary alicyclic amines) is 1. The van der Waals surface area contributed by atoms with Gasteiger partial charge in [0, 0.05) is 13.1 Å². The van der Waals surface area contributed by atoms with Crippen molar-refractivity contribution in [2.45, 2.75) is 38.9 Å². The summed E-state index contributed by atoms with van der Waals surface area (Å²) in [5.74, 6) is 1.43. The van der Waals surface area contributed by atoms with E-state index in [0.29, 0.717) is 19.1 Å². The van der Waals surface area contributed by atoms with Crippen LogP contribution in [0.15, 0.2) is 54.6 Å². The van der Waals surface area contributed by atoms with E-state index in [-0.39, 0.29) is 6.10 Å². The van der Waals surface area contributed by atoms with Crippen molar-refractivity contribution in [1.82, 2.24) is 4.90 Å². The van der Waals surface area contributed by atoms with Gasteiger partial charge < -0.3 is 14.6 Å². The molecule has 0 aromatic heterocycles. The summed E-state index contributed by atoms with van der Waals surface area (Å²) in [4.78, 5) is 2.40. The lowest BCUT2D eigenvalue weighted by Gasteiger charge is -2.37. The molecule has 4 nitrogen and oxygen atoms in total. The molecule has 0 bridgehead atoms. The summed E-state index contributed by atoms with van der Waals surface area (Å²) in [6, 6.07) is 18.1. The van der Waals surface area contributed by atoms with Crippen molar-refractivity contribution in [2.24, 2.45) is 5.92 Å². The second-order valence-electron chi connectivity index (χ2n) is 7.71. The highest BCUT2D eigenvalue weighted by molar-refractivity contribution is 5.27. The molecular weight excluding hydrogens is 350 g/mol. The van der Waals surface area contributed by atoms with Gasteiger partial charge in [-0.25, -0.2) is 0 Å². The lowest BCUT2D eigenvalue weighted by atomic mass is 9.95. The van der Waals surface area contributed by atoms with Crippen molar-refractivity contribution in [3.05, 3.63) is 65.7 Å². The maximum atomic E-state index is 10.3. The number of aryl methyl sites for hydroxylation is 1. The number of hydrogen-bond donors (Lipinski definition) is 1. The summed E-state index contributed by atoms with van der Waals surface area (Å²) in [5.41, 5.74) is 2.24. The van der Waals surface area contributed by atoms with Gasteiger partial charge in [0.05, 0.1) is 12.7 Å². The molecule has 1 heterocycles. The van der Waals surface area contributed by atoms with Crippen LogP contribution in [0.4, 0.5) is 0 Å². The average molecular weight is 384 g/mol. The zero-order valence-corrected chi connectivity index (χ0v) is 17.1. The summed E-state index contributed by atoms with van der Waals surface area (Å²) in [6.07, 6.45) is 1.73. The molecular formula is C24H33NO3. The van der Waals surface area contributed by atoms with Crippen molar-refractivity contribution in [1.29, 1.82) is 0 Å². The van der Waals surface area contributed by atoms with Crippen LogP contribution in [0.5, 0.6) is 5.75 Å². The maximum Gasteiger partial charge on any atom is 0.119 e.